The molecule has 8 nitrogen and oxygen atoms in total. The van der Waals surface area contributed by atoms with E-state index in [1.165, 1.54) is 4.90 Å². The molecule has 0 unspecified atom stereocenters. The van der Waals surface area contributed by atoms with Crippen molar-refractivity contribution in [2.45, 2.75) is 6.54 Å². The number of aromatic nitrogens is 2. The molecule has 2 aromatic heterocycles. The van der Waals surface area contributed by atoms with Crippen LogP contribution in [0, 0.1) is 0 Å². The van der Waals surface area contributed by atoms with Gasteiger partial charge >= 0.3 is 11.9 Å². The first-order valence-corrected chi connectivity index (χ1v) is 8.30. The van der Waals surface area contributed by atoms with Gasteiger partial charge in [0.05, 0.1) is 40.7 Å². The number of isothiocyanates is 1. The zero-order valence-corrected chi connectivity index (χ0v) is 14.8. The highest BCUT2D eigenvalue weighted by Crippen LogP contribution is 2.31. The minimum atomic E-state index is -1.11. The third kappa shape index (κ3) is 4.29. The fourth-order valence-electron chi connectivity index (χ4n) is 2.85. The van der Waals surface area contributed by atoms with Gasteiger partial charge < -0.3 is 10.2 Å². The van der Waals surface area contributed by atoms with E-state index in [0.717, 1.165) is 10.8 Å². The van der Waals surface area contributed by atoms with Crippen molar-refractivity contribution in [3.8, 4) is 0 Å². The summed E-state index contributed by atoms with van der Waals surface area (Å²) >= 11 is 4.71. The van der Waals surface area contributed by atoms with E-state index < -0.39 is 25.0 Å². The van der Waals surface area contributed by atoms with Crippen LogP contribution in [0.25, 0.3) is 21.8 Å². The van der Waals surface area contributed by atoms with Crippen molar-refractivity contribution in [3.63, 3.8) is 0 Å². The van der Waals surface area contributed by atoms with Crippen LogP contribution < -0.4 is 0 Å². The number of aliphatic carboxylic acids is 2. The number of carboxylic acids is 2. The maximum atomic E-state index is 11.0. The van der Waals surface area contributed by atoms with Crippen LogP contribution >= 0.6 is 12.2 Å². The van der Waals surface area contributed by atoms with Crippen LogP contribution in [0.3, 0.4) is 0 Å². The number of carbonyl (C=O) groups is 2. The molecule has 0 bridgehead atoms. The molecule has 0 aliphatic carbocycles. The van der Waals surface area contributed by atoms with Crippen molar-refractivity contribution >= 4 is 56.8 Å². The SMILES string of the molecule is O=C(O)CN(CC(=O)O)Cc1ccc2c(N=C=S)cc3cccnc3c2n1. The molecule has 3 aromatic rings. The third-order valence-corrected chi connectivity index (χ3v) is 3.95. The molecule has 0 aliphatic heterocycles. The molecule has 2 heterocycles. The largest absolute Gasteiger partial charge is 0.480 e. The highest BCUT2D eigenvalue weighted by Gasteiger charge is 2.16. The summed E-state index contributed by atoms with van der Waals surface area (Å²) in [5.74, 6) is -2.22. The minimum absolute atomic E-state index is 0.0729. The molecule has 0 aliphatic rings. The van der Waals surface area contributed by atoms with E-state index in [0.29, 0.717) is 22.4 Å². The van der Waals surface area contributed by atoms with Crippen LogP contribution in [-0.2, 0) is 16.1 Å². The fourth-order valence-corrected chi connectivity index (χ4v) is 2.95. The summed E-state index contributed by atoms with van der Waals surface area (Å²) in [7, 11) is 0. The molecule has 9 heteroatoms. The Bertz CT molecular complexity index is 1080. The number of hydrogen-bond donors (Lipinski definition) is 2. The summed E-state index contributed by atoms with van der Waals surface area (Å²) in [5, 5.41) is 21.9. The molecular weight excluding hydrogens is 368 g/mol. The first-order valence-electron chi connectivity index (χ1n) is 7.89. The number of hydrogen-bond acceptors (Lipinski definition) is 7. The smallest absolute Gasteiger partial charge is 0.317 e. The lowest BCUT2D eigenvalue weighted by Gasteiger charge is -2.17. The van der Waals surface area contributed by atoms with Crippen LogP contribution in [-0.4, -0.2) is 55.3 Å². The molecular formula is C18H14N4O4S. The standard InChI is InChI=1S/C18H14N4O4S/c23-15(24)8-22(9-16(25)26)7-12-3-4-13-14(20-10-27)6-11-2-1-5-19-17(11)18(13)21-12/h1-6H,7-9H2,(H,23,24)(H,25,26). The van der Waals surface area contributed by atoms with E-state index in [2.05, 4.69) is 20.1 Å². The van der Waals surface area contributed by atoms with Gasteiger partial charge in [0.25, 0.3) is 0 Å². The average Bonchev–Trinajstić information content (AvgIpc) is 2.61. The second-order valence-electron chi connectivity index (χ2n) is 5.81. The highest BCUT2D eigenvalue weighted by atomic mass is 32.1. The van der Waals surface area contributed by atoms with Gasteiger partial charge in [-0.2, -0.15) is 4.99 Å². The van der Waals surface area contributed by atoms with Crippen molar-refractivity contribution < 1.29 is 19.8 Å². The molecule has 1 aromatic carbocycles. The Hall–Kier alpha value is -3.26. The number of fused-ring (bicyclic) bond motifs is 3. The van der Waals surface area contributed by atoms with Gasteiger partial charge in [-0.05, 0) is 36.5 Å². The summed E-state index contributed by atoms with van der Waals surface area (Å²) < 4.78 is 0. The minimum Gasteiger partial charge on any atom is -0.480 e. The van der Waals surface area contributed by atoms with E-state index in [1.54, 1.807) is 24.4 Å². The molecule has 0 fully saturated rings. The van der Waals surface area contributed by atoms with Crippen LogP contribution in [0.15, 0.2) is 41.5 Å². The zero-order chi connectivity index (χ0) is 19.4. The lowest BCUT2D eigenvalue weighted by molar-refractivity contribution is -0.142. The van der Waals surface area contributed by atoms with E-state index in [4.69, 9.17) is 22.4 Å². The Morgan fingerprint density at radius 1 is 1.15 bits per heavy atom. The van der Waals surface area contributed by atoms with Crippen LogP contribution in [0.1, 0.15) is 5.69 Å². The molecule has 2 N–H and O–H groups in total. The molecule has 0 amide bonds. The zero-order valence-electron chi connectivity index (χ0n) is 14.0. The number of thiocarbonyl (C=S) groups is 1. The first kappa shape index (κ1) is 18.5. The van der Waals surface area contributed by atoms with E-state index in [-0.39, 0.29) is 6.54 Å². The van der Waals surface area contributed by atoms with Crippen molar-refractivity contribution in [2.24, 2.45) is 4.99 Å². The van der Waals surface area contributed by atoms with Crippen LogP contribution in [0.2, 0.25) is 0 Å². The molecule has 0 spiro atoms. The van der Waals surface area contributed by atoms with Gasteiger partial charge in [0.15, 0.2) is 0 Å². The summed E-state index contributed by atoms with van der Waals surface area (Å²) in [6.45, 7) is -0.732. The average molecular weight is 382 g/mol. The lowest BCUT2D eigenvalue weighted by Crippen LogP contribution is -2.34. The van der Waals surface area contributed by atoms with Gasteiger partial charge in [-0.15, -0.1) is 0 Å². The molecule has 136 valence electrons. The molecule has 3 rings (SSSR count). The molecule has 0 atom stereocenters. The Balaban J connectivity index is 2.10. The van der Waals surface area contributed by atoms with E-state index >= 15 is 0 Å². The van der Waals surface area contributed by atoms with Gasteiger partial charge in [-0.1, -0.05) is 6.07 Å². The second-order valence-corrected chi connectivity index (χ2v) is 5.99. The number of aliphatic imine (C=N–C) groups is 1. The van der Waals surface area contributed by atoms with E-state index in [1.807, 2.05) is 12.1 Å². The van der Waals surface area contributed by atoms with Gasteiger partial charge in [-0.25, -0.2) is 4.98 Å². The Kier molecular flexibility index (Phi) is 5.46. The Morgan fingerprint density at radius 2 is 1.89 bits per heavy atom. The van der Waals surface area contributed by atoms with Gasteiger partial charge in [0.1, 0.15) is 0 Å². The predicted octanol–water partition coefficient (Wildman–Crippen LogP) is 2.49. The van der Waals surface area contributed by atoms with Crippen LogP contribution in [0.4, 0.5) is 5.69 Å². The number of rotatable bonds is 7. The van der Waals surface area contributed by atoms with Gasteiger partial charge in [0.2, 0.25) is 0 Å². The molecule has 27 heavy (non-hydrogen) atoms. The topological polar surface area (TPSA) is 116 Å². The van der Waals surface area contributed by atoms with Crippen molar-refractivity contribution in [3.05, 3.63) is 42.2 Å². The first-order chi connectivity index (χ1) is 13.0. The molecule has 0 saturated heterocycles. The van der Waals surface area contributed by atoms with Crippen molar-refractivity contribution in [1.29, 1.82) is 0 Å². The number of carboxylic acid groups (broad SMARTS) is 2. The maximum Gasteiger partial charge on any atom is 0.317 e. The predicted molar refractivity (Wildman–Crippen MR) is 102 cm³/mol. The maximum absolute atomic E-state index is 11.0. The fraction of sp³-hybridized carbons (Fsp3) is 0.167. The third-order valence-electron chi connectivity index (χ3n) is 3.85. The molecule has 0 radical (unpaired) electrons. The number of pyridine rings is 2. The number of benzene rings is 1. The Morgan fingerprint density at radius 3 is 2.56 bits per heavy atom. The monoisotopic (exact) mass is 382 g/mol. The van der Waals surface area contributed by atoms with E-state index in [9.17, 15) is 9.59 Å². The normalized spacial score (nSPS) is 10.9. The lowest BCUT2D eigenvalue weighted by atomic mass is 10.1. The quantitative estimate of drug-likeness (QED) is 0.364. The summed E-state index contributed by atoms with van der Waals surface area (Å²) in [5.41, 5.74) is 2.38. The van der Waals surface area contributed by atoms with Crippen molar-refractivity contribution in [2.75, 3.05) is 13.1 Å². The summed E-state index contributed by atoms with van der Waals surface area (Å²) in [6.07, 6.45) is 1.65. The van der Waals surface area contributed by atoms with Gasteiger partial charge in [-0.3, -0.25) is 19.5 Å². The van der Waals surface area contributed by atoms with Crippen LogP contribution in [0.5, 0.6) is 0 Å². The number of nitrogens with zero attached hydrogens (tertiary/aromatic N) is 4. The van der Waals surface area contributed by atoms with Crippen molar-refractivity contribution in [1.82, 2.24) is 14.9 Å². The summed E-state index contributed by atoms with van der Waals surface area (Å²) in [4.78, 5) is 36.3. The Labute approximate surface area is 158 Å². The van der Waals surface area contributed by atoms with Gasteiger partial charge in [0, 0.05) is 23.5 Å². The highest BCUT2D eigenvalue weighted by molar-refractivity contribution is 7.78. The molecule has 0 saturated carbocycles. The second kappa shape index (κ2) is 7.96. The summed E-state index contributed by atoms with van der Waals surface area (Å²) in [6, 6.07) is 9.00.